The van der Waals surface area contributed by atoms with Gasteiger partial charge in [0.15, 0.2) is 0 Å². The van der Waals surface area contributed by atoms with Crippen molar-refractivity contribution in [2.75, 3.05) is 5.32 Å². The Bertz CT molecular complexity index is 1130. The summed E-state index contributed by atoms with van der Waals surface area (Å²) in [7, 11) is 0. The monoisotopic (exact) mass is 377 g/mol. The summed E-state index contributed by atoms with van der Waals surface area (Å²) in [6, 6.07) is 22.0. The lowest BCUT2D eigenvalue weighted by Gasteiger charge is -2.10. The van der Waals surface area contributed by atoms with E-state index in [-0.39, 0.29) is 12.5 Å². The van der Waals surface area contributed by atoms with E-state index in [4.69, 9.17) is 21.1 Å². The van der Waals surface area contributed by atoms with E-state index in [9.17, 15) is 4.79 Å². The highest BCUT2D eigenvalue weighted by atomic mass is 35.5. The first-order valence-corrected chi connectivity index (χ1v) is 8.82. The van der Waals surface area contributed by atoms with Crippen LogP contribution in [0.5, 0.6) is 0 Å². The minimum absolute atomic E-state index is 0.185. The minimum Gasteiger partial charge on any atom is -0.459 e. The fourth-order valence-corrected chi connectivity index (χ4v) is 3.23. The first-order valence-electron chi connectivity index (χ1n) is 8.44. The van der Waals surface area contributed by atoms with Crippen molar-refractivity contribution >= 4 is 34.0 Å². The van der Waals surface area contributed by atoms with Crippen LogP contribution in [-0.2, 0) is 6.61 Å². The number of nitrogens with one attached hydrogen (secondary N) is 1. The predicted molar refractivity (Wildman–Crippen MR) is 107 cm³/mol. The van der Waals surface area contributed by atoms with Crippen LogP contribution in [0.4, 0.5) is 5.69 Å². The molecule has 1 amide bonds. The number of halogens is 1. The molecule has 0 bridgehead atoms. The standard InChI is InChI=1S/C22H16ClNO3/c23-20-10-8-15(12-19(20)21-11-9-16(13-25)27-21)24-22(26)18-7-3-5-14-4-1-2-6-17(14)18/h1-12,25H,13H2,(H,24,26). The molecule has 4 rings (SSSR count). The summed E-state index contributed by atoms with van der Waals surface area (Å²) in [6.07, 6.45) is 0. The first kappa shape index (κ1) is 17.3. The van der Waals surface area contributed by atoms with E-state index in [1.165, 1.54) is 0 Å². The van der Waals surface area contributed by atoms with Gasteiger partial charge < -0.3 is 14.8 Å². The van der Waals surface area contributed by atoms with Crippen molar-refractivity contribution in [3.05, 3.63) is 89.1 Å². The Morgan fingerprint density at radius 2 is 1.81 bits per heavy atom. The molecular formula is C22H16ClNO3. The van der Waals surface area contributed by atoms with Crippen molar-refractivity contribution in [3.8, 4) is 11.3 Å². The number of furan rings is 1. The number of aliphatic hydroxyl groups is 1. The van der Waals surface area contributed by atoms with Crippen LogP contribution in [0.25, 0.3) is 22.1 Å². The normalized spacial score (nSPS) is 10.9. The molecule has 27 heavy (non-hydrogen) atoms. The predicted octanol–water partition coefficient (Wildman–Crippen LogP) is 5.50. The minimum atomic E-state index is -0.199. The lowest BCUT2D eigenvalue weighted by molar-refractivity contribution is 0.102. The fraction of sp³-hybridized carbons (Fsp3) is 0.0455. The third-order valence-electron chi connectivity index (χ3n) is 4.34. The Morgan fingerprint density at radius 3 is 2.63 bits per heavy atom. The summed E-state index contributed by atoms with van der Waals surface area (Å²) in [6.45, 7) is -0.185. The molecule has 0 saturated heterocycles. The maximum atomic E-state index is 12.8. The third kappa shape index (κ3) is 3.45. The zero-order valence-electron chi connectivity index (χ0n) is 14.3. The largest absolute Gasteiger partial charge is 0.459 e. The van der Waals surface area contributed by atoms with E-state index in [1.54, 1.807) is 36.4 Å². The molecular weight excluding hydrogens is 362 g/mol. The average molecular weight is 378 g/mol. The van der Waals surface area contributed by atoms with Crippen LogP contribution in [0.2, 0.25) is 5.02 Å². The number of carbonyl (C=O) groups is 1. The molecule has 4 aromatic rings. The lowest BCUT2D eigenvalue weighted by Crippen LogP contribution is -2.12. The van der Waals surface area contributed by atoms with E-state index in [0.717, 1.165) is 10.8 Å². The highest BCUT2D eigenvalue weighted by Crippen LogP contribution is 2.32. The van der Waals surface area contributed by atoms with Gasteiger partial charge >= 0.3 is 0 Å². The van der Waals surface area contributed by atoms with Gasteiger partial charge in [-0.25, -0.2) is 0 Å². The van der Waals surface area contributed by atoms with E-state index < -0.39 is 0 Å². The lowest BCUT2D eigenvalue weighted by atomic mass is 10.0. The van der Waals surface area contributed by atoms with Gasteiger partial charge in [0.1, 0.15) is 18.1 Å². The van der Waals surface area contributed by atoms with Crippen LogP contribution in [-0.4, -0.2) is 11.0 Å². The Hall–Kier alpha value is -3.08. The first-order chi connectivity index (χ1) is 13.2. The molecule has 0 saturated carbocycles. The summed E-state index contributed by atoms with van der Waals surface area (Å²) in [5, 5.41) is 14.5. The fourth-order valence-electron chi connectivity index (χ4n) is 3.02. The zero-order valence-corrected chi connectivity index (χ0v) is 15.0. The molecule has 0 spiro atoms. The van der Waals surface area contributed by atoms with Gasteiger partial charge in [0.25, 0.3) is 5.91 Å². The maximum Gasteiger partial charge on any atom is 0.256 e. The molecule has 0 unspecified atom stereocenters. The maximum absolute atomic E-state index is 12.8. The van der Waals surface area contributed by atoms with Crippen LogP contribution in [0, 0.1) is 0 Å². The number of fused-ring (bicyclic) bond motifs is 1. The molecule has 2 N–H and O–H groups in total. The molecule has 0 atom stereocenters. The summed E-state index contributed by atoms with van der Waals surface area (Å²) >= 11 is 6.28. The smallest absolute Gasteiger partial charge is 0.256 e. The number of hydrogen-bond acceptors (Lipinski definition) is 3. The summed E-state index contributed by atoms with van der Waals surface area (Å²) in [5.74, 6) is 0.784. The van der Waals surface area contributed by atoms with Crippen molar-refractivity contribution in [3.63, 3.8) is 0 Å². The van der Waals surface area contributed by atoms with Crippen molar-refractivity contribution in [1.82, 2.24) is 0 Å². The van der Waals surface area contributed by atoms with Gasteiger partial charge in [-0.3, -0.25) is 4.79 Å². The summed E-state index contributed by atoms with van der Waals surface area (Å²) in [5.41, 5.74) is 1.85. The molecule has 0 aliphatic rings. The number of aliphatic hydroxyl groups excluding tert-OH is 1. The van der Waals surface area contributed by atoms with Gasteiger partial charge in [-0.1, -0.05) is 48.0 Å². The van der Waals surface area contributed by atoms with Gasteiger partial charge in [-0.15, -0.1) is 0 Å². The highest BCUT2D eigenvalue weighted by molar-refractivity contribution is 6.33. The molecule has 0 aliphatic carbocycles. The molecule has 4 nitrogen and oxygen atoms in total. The highest BCUT2D eigenvalue weighted by Gasteiger charge is 2.13. The summed E-state index contributed by atoms with van der Waals surface area (Å²) in [4.78, 5) is 12.8. The Morgan fingerprint density at radius 1 is 1.00 bits per heavy atom. The molecule has 1 aromatic heterocycles. The number of anilines is 1. The average Bonchev–Trinajstić information content (AvgIpc) is 3.18. The number of hydrogen-bond donors (Lipinski definition) is 2. The van der Waals surface area contributed by atoms with Gasteiger partial charge in [0, 0.05) is 16.8 Å². The SMILES string of the molecule is O=C(Nc1ccc(Cl)c(-c2ccc(CO)o2)c1)c1cccc2ccccc12. The van der Waals surface area contributed by atoms with Gasteiger partial charge in [0.05, 0.1) is 5.02 Å². The van der Waals surface area contributed by atoms with E-state index in [2.05, 4.69) is 5.32 Å². The second kappa shape index (κ2) is 7.27. The van der Waals surface area contributed by atoms with Crippen molar-refractivity contribution < 1.29 is 14.3 Å². The Kier molecular flexibility index (Phi) is 4.67. The van der Waals surface area contributed by atoms with Gasteiger partial charge in [-0.2, -0.15) is 0 Å². The van der Waals surface area contributed by atoms with Crippen molar-refractivity contribution in [2.45, 2.75) is 6.61 Å². The Balaban J connectivity index is 1.66. The van der Waals surface area contributed by atoms with Gasteiger partial charge in [0.2, 0.25) is 0 Å². The van der Waals surface area contributed by atoms with E-state index >= 15 is 0 Å². The van der Waals surface area contributed by atoms with Crippen LogP contribution < -0.4 is 5.32 Å². The molecule has 1 heterocycles. The molecule has 0 radical (unpaired) electrons. The van der Waals surface area contributed by atoms with Crippen LogP contribution in [0.3, 0.4) is 0 Å². The second-order valence-electron chi connectivity index (χ2n) is 6.10. The van der Waals surface area contributed by atoms with Gasteiger partial charge in [-0.05, 0) is 47.2 Å². The number of benzene rings is 3. The quantitative estimate of drug-likeness (QED) is 0.493. The molecule has 5 heteroatoms. The number of rotatable bonds is 4. The van der Waals surface area contributed by atoms with Crippen molar-refractivity contribution in [2.24, 2.45) is 0 Å². The number of amides is 1. The third-order valence-corrected chi connectivity index (χ3v) is 4.67. The summed E-state index contributed by atoms with van der Waals surface area (Å²) < 4.78 is 5.55. The second-order valence-corrected chi connectivity index (χ2v) is 6.51. The van der Waals surface area contributed by atoms with E-state index in [1.807, 2.05) is 36.4 Å². The van der Waals surface area contributed by atoms with Crippen LogP contribution in [0.15, 0.2) is 77.2 Å². The zero-order chi connectivity index (χ0) is 18.8. The molecule has 134 valence electrons. The number of carbonyl (C=O) groups excluding carboxylic acids is 1. The topological polar surface area (TPSA) is 62.5 Å². The van der Waals surface area contributed by atoms with Crippen LogP contribution >= 0.6 is 11.6 Å². The van der Waals surface area contributed by atoms with E-state index in [0.29, 0.717) is 33.4 Å². The molecule has 3 aromatic carbocycles. The Labute approximate surface area is 161 Å². The molecule has 0 aliphatic heterocycles. The van der Waals surface area contributed by atoms with Crippen LogP contribution in [0.1, 0.15) is 16.1 Å². The van der Waals surface area contributed by atoms with Crippen molar-refractivity contribution in [1.29, 1.82) is 0 Å². The molecule has 0 fully saturated rings.